The minimum atomic E-state index is -0.436. The van der Waals surface area contributed by atoms with E-state index in [1.54, 1.807) is 13.0 Å². The van der Waals surface area contributed by atoms with Gasteiger partial charge < -0.3 is 15.2 Å². The number of aromatic nitrogens is 1. The number of hydrogen-bond acceptors (Lipinski definition) is 5. The zero-order valence-corrected chi connectivity index (χ0v) is 12.1. The zero-order chi connectivity index (χ0) is 14.5. The summed E-state index contributed by atoms with van der Waals surface area (Å²) in [5, 5.41) is 0. The van der Waals surface area contributed by atoms with Gasteiger partial charge in [-0.3, -0.25) is 0 Å². The monoisotopic (exact) mass is 278 g/mol. The molecule has 0 spiro atoms. The van der Waals surface area contributed by atoms with Gasteiger partial charge in [-0.2, -0.15) is 0 Å². The maximum absolute atomic E-state index is 11.8. The highest BCUT2D eigenvalue weighted by Crippen LogP contribution is 2.27. The van der Waals surface area contributed by atoms with E-state index in [4.69, 9.17) is 15.2 Å². The molecule has 0 bridgehead atoms. The van der Waals surface area contributed by atoms with Gasteiger partial charge in [0.05, 0.1) is 24.1 Å². The summed E-state index contributed by atoms with van der Waals surface area (Å²) in [4.78, 5) is 15.9. The third-order valence-electron chi connectivity index (χ3n) is 3.66. The Balaban J connectivity index is 2.05. The Labute approximate surface area is 119 Å². The molecular formula is C15H22N2O3. The number of nitrogens with two attached hydrogens (primary N) is 1. The molecule has 1 aromatic rings. The first-order valence-electron chi connectivity index (χ1n) is 7.19. The molecule has 2 rings (SSSR count). The molecule has 20 heavy (non-hydrogen) atoms. The highest BCUT2D eigenvalue weighted by molar-refractivity contribution is 5.95. The van der Waals surface area contributed by atoms with Crippen LogP contribution in [0.25, 0.3) is 0 Å². The Morgan fingerprint density at radius 2 is 2.10 bits per heavy atom. The van der Waals surface area contributed by atoms with Gasteiger partial charge in [0.15, 0.2) is 0 Å². The van der Waals surface area contributed by atoms with Crippen molar-refractivity contribution in [2.45, 2.75) is 45.6 Å². The van der Waals surface area contributed by atoms with Crippen LogP contribution in [-0.2, 0) is 4.74 Å². The maximum Gasteiger partial charge on any atom is 0.340 e. The number of ether oxygens (including phenoxy) is 2. The van der Waals surface area contributed by atoms with Gasteiger partial charge in [-0.05, 0) is 38.5 Å². The Morgan fingerprint density at radius 3 is 2.75 bits per heavy atom. The molecule has 2 N–H and O–H groups in total. The van der Waals surface area contributed by atoms with E-state index in [-0.39, 0.29) is 6.10 Å². The van der Waals surface area contributed by atoms with Gasteiger partial charge in [0.1, 0.15) is 6.10 Å². The van der Waals surface area contributed by atoms with Crippen molar-refractivity contribution in [1.82, 2.24) is 4.98 Å². The van der Waals surface area contributed by atoms with Gasteiger partial charge in [0, 0.05) is 6.07 Å². The van der Waals surface area contributed by atoms with Crippen molar-refractivity contribution in [3.63, 3.8) is 0 Å². The fraction of sp³-hybridized carbons (Fsp3) is 0.600. The first-order valence-corrected chi connectivity index (χ1v) is 7.19. The van der Waals surface area contributed by atoms with Crippen LogP contribution in [0.2, 0.25) is 0 Å². The average Bonchev–Trinajstić information content (AvgIpc) is 2.43. The number of hydrogen-bond donors (Lipinski definition) is 1. The number of nitrogen functional groups attached to an aromatic ring is 1. The summed E-state index contributed by atoms with van der Waals surface area (Å²) < 4.78 is 10.8. The van der Waals surface area contributed by atoms with E-state index in [9.17, 15) is 4.79 Å². The molecule has 0 saturated heterocycles. The van der Waals surface area contributed by atoms with Crippen molar-refractivity contribution >= 4 is 11.7 Å². The third-order valence-corrected chi connectivity index (χ3v) is 3.66. The van der Waals surface area contributed by atoms with Crippen molar-refractivity contribution < 1.29 is 14.3 Å². The predicted molar refractivity (Wildman–Crippen MR) is 76.7 cm³/mol. The molecule has 5 heteroatoms. The van der Waals surface area contributed by atoms with Crippen LogP contribution >= 0.6 is 0 Å². The van der Waals surface area contributed by atoms with E-state index >= 15 is 0 Å². The van der Waals surface area contributed by atoms with Gasteiger partial charge in [0.2, 0.25) is 5.88 Å². The fourth-order valence-electron chi connectivity index (χ4n) is 2.41. The van der Waals surface area contributed by atoms with E-state index in [0.717, 1.165) is 18.8 Å². The maximum atomic E-state index is 11.8. The smallest absolute Gasteiger partial charge is 0.340 e. The van der Waals surface area contributed by atoms with Crippen LogP contribution < -0.4 is 10.5 Å². The molecule has 0 unspecified atom stereocenters. The van der Waals surface area contributed by atoms with Gasteiger partial charge in [-0.15, -0.1) is 0 Å². The molecule has 0 aliphatic heterocycles. The van der Waals surface area contributed by atoms with Crippen LogP contribution in [0.15, 0.2) is 12.3 Å². The van der Waals surface area contributed by atoms with E-state index in [1.807, 2.05) is 0 Å². The predicted octanol–water partition coefficient (Wildman–Crippen LogP) is 2.80. The number of carbonyl (C=O) groups is 1. The molecule has 0 radical (unpaired) electrons. The molecule has 0 aromatic carbocycles. The van der Waals surface area contributed by atoms with Gasteiger partial charge in [0.25, 0.3) is 0 Å². The largest absolute Gasteiger partial charge is 0.474 e. The highest BCUT2D eigenvalue weighted by Gasteiger charge is 2.21. The lowest BCUT2D eigenvalue weighted by atomic mass is 9.89. The van der Waals surface area contributed by atoms with Crippen LogP contribution in [0.5, 0.6) is 5.88 Å². The standard InChI is InChI=1S/C15H22N2O3/c1-3-19-15(18)12-8-14(17-9-13(12)16)20-11-6-4-10(2)5-7-11/h8-11H,3-7,16H2,1-2H3. The number of rotatable bonds is 4. The molecular weight excluding hydrogens is 256 g/mol. The summed E-state index contributed by atoms with van der Waals surface area (Å²) in [6.07, 6.45) is 6.03. The molecule has 1 heterocycles. The molecule has 1 saturated carbocycles. The lowest BCUT2D eigenvalue weighted by Crippen LogP contribution is -2.23. The lowest BCUT2D eigenvalue weighted by molar-refractivity contribution is 0.0526. The van der Waals surface area contributed by atoms with Crippen molar-refractivity contribution in [3.8, 4) is 5.88 Å². The zero-order valence-electron chi connectivity index (χ0n) is 12.1. The number of carbonyl (C=O) groups excluding carboxylic acids is 1. The summed E-state index contributed by atoms with van der Waals surface area (Å²) in [7, 11) is 0. The average molecular weight is 278 g/mol. The second-order valence-corrected chi connectivity index (χ2v) is 5.33. The van der Waals surface area contributed by atoms with Crippen molar-refractivity contribution in [1.29, 1.82) is 0 Å². The Morgan fingerprint density at radius 1 is 1.40 bits per heavy atom. The minimum absolute atomic E-state index is 0.178. The van der Waals surface area contributed by atoms with E-state index in [0.29, 0.717) is 23.7 Å². The fourth-order valence-corrected chi connectivity index (χ4v) is 2.41. The minimum Gasteiger partial charge on any atom is -0.474 e. The van der Waals surface area contributed by atoms with E-state index in [2.05, 4.69) is 11.9 Å². The van der Waals surface area contributed by atoms with Gasteiger partial charge >= 0.3 is 5.97 Å². The quantitative estimate of drug-likeness (QED) is 0.857. The number of pyridine rings is 1. The molecule has 1 aromatic heterocycles. The van der Waals surface area contributed by atoms with Crippen molar-refractivity contribution in [2.24, 2.45) is 5.92 Å². The van der Waals surface area contributed by atoms with E-state index < -0.39 is 5.97 Å². The molecule has 5 nitrogen and oxygen atoms in total. The molecule has 1 aliphatic carbocycles. The molecule has 1 fully saturated rings. The summed E-state index contributed by atoms with van der Waals surface area (Å²) in [5.41, 5.74) is 6.39. The summed E-state index contributed by atoms with van der Waals surface area (Å²) >= 11 is 0. The first-order chi connectivity index (χ1) is 9.60. The summed E-state index contributed by atoms with van der Waals surface area (Å²) in [6.45, 7) is 4.34. The summed E-state index contributed by atoms with van der Waals surface area (Å²) in [5.74, 6) is 0.778. The molecule has 0 atom stereocenters. The molecule has 110 valence electrons. The van der Waals surface area contributed by atoms with Crippen LogP contribution in [0.3, 0.4) is 0 Å². The molecule has 1 aliphatic rings. The van der Waals surface area contributed by atoms with Gasteiger partial charge in [-0.1, -0.05) is 6.92 Å². The Kier molecular flexibility index (Phi) is 4.82. The third kappa shape index (κ3) is 3.62. The number of anilines is 1. The van der Waals surface area contributed by atoms with E-state index in [1.165, 1.54) is 19.0 Å². The Bertz CT molecular complexity index is 468. The SMILES string of the molecule is CCOC(=O)c1cc(OC2CCC(C)CC2)ncc1N. The van der Waals surface area contributed by atoms with Crippen molar-refractivity contribution in [3.05, 3.63) is 17.8 Å². The van der Waals surface area contributed by atoms with Crippen LogP contribution in [-0.4, -0.2) is 23.7 Å². The topological polar surface area (TPSA) is 74.4 Å². The number of esters is 1. The van der Waals surface area contributed by atoms with Crippen molar-refractivity contribution in [2.75, 3.05) is 12.3 Å². The van der Waals surface area contributed by atoms with Crippen LogP contribution in [0.4, 0.5) is 5.69 Å². The summed E-state index contributed by atoms with van der Waals surface area (Å²) in [6, 6.07) is 1.57. The molecule has 0 amide bonds. The second kappa shape index (κ2) is 6.59. The normalized spacial score (nSPS) is 22.3. The van der Waals surface area contributed by atoms with Crippen LogP contribution in [0, 0.1) is 5.92 Å². The van der Waals surface area contributed by atoms with Gasteiger partial charge in [-0.25, -0.2) is 9.78 Å². The Hall–Kier alpha value is -1.78. The highest BCUT2D eigenvalue weighted by atomic mass is 16.5. The second-order valence-electron chi connectivity index (χ2n) is 5.33. The first kappa shape index (κ1) is 14.6. The van der Waals surface area contributed by atoms with Crippen LogP contribution in [0.1, 0.15) is 49.9 Å². The number of nitrogens with zero attached hydrogens (tertiary/aromatic N) is 1. The lowest BCUT2D eigenvalue weighted by Gasteiger charge is -2.26.